The average molecular weight is 339 g/mol. The fourth-order valence-corrected chi connectivity index (χ4v) is 3.28. The Hall–Kier alpha value is -1.34. The third kappa shape index (κ3) is 5.94. The second-order valence-electron chi connectivity index (χ2n) is 6.73. The van der Waals surface area contributed by atoms with E-state index < -0.39 is 0 Å². The predicted octanol–water partition coefficient (Wildman–Crippen LogP) is -0.246. The summed E-state index contributed by atoms with van der Waals surface area (Å²) in [5.41, 5.74) is 0. The monoisotopic (exact) mass is 338 g/mol. The van der Waals surface area contributed by atoms with Crippen molar-refractivity contribution in [3.05, 3.63) is 0 Å². The van der Waals surface area contributed by atoms with E-state index in [0.29, 0.717) is 0 Å². The minimum absolute atomic E-state index is 0.169. The molecule has 0 unspecified atom stereocenters. The van der Waals surface area contributed by atoms with Crippen LogP contribution in [0.15, 0.2) is 4.99 Å². The highest BCUT2D eigenvalue weighted by molar-refractivity contribution is 5.80. The Bertz CT molecular complexity index is 419. The maximum absolute atomic E-state index is 11.5. The van der Waals surface area contributed by atoms with E-state index in [4.69, 9.17) is 4.99 Å². The largest absolute Gasteiger partial charge is 0.357 e. The Morgan fingerprint density at radius 2 is 1.71 bits per heavy atom. The van der Waals surface area contributed by atoms with Gasteiger partial charge in [-0.3, -0.25) is 9.79 Å². The van der Waals surface area contributed by atoms with Crippen LogP contribution in [-0.4, -0.2) is 111 Å². The summed E-state index contributed by atoms with van der Waals surface area (Å²) in [5.74, 6) is 1.16. The lowest BCUT2D eigenvalue weighted by molar-refractivity contribution is -0.130. The molecule has 2 rings (SSSR count). The smallest absolute Gasteiger partial charge is 0.219 e. The van der Waals surface area contributed by atoms with Gasteiger partial charge in [0.05, 0.1) is 6.54 Å². The van der Waals surface area contributed by atoms with Gasteiger partial charge in [-0.15, -0.1) is 0 Å². The zero-order chi connectivity index (χ0) is 17.4. The molecular weight excluding hydrogens is 304 g/mol. The van der Waals surface area contributed by atoms with Crippen molar-refractivity contribution in [1.29, 1.82) is 0 Å². The van der Waals surface area contributed by atoms with Crippen LogP contribution in [0.3, 0.4) is 0 Å². The average Bonchev–Trinajstić information content (AvgIpc) is 2.79. The molecule has 0 aromatic carbocycles. The fourth-order valence-electron chi connectivity index (χ4n) is 3.28. The van der Waals surface area contributed by atoms with E-state index in [-0.39, 0.29) is 5.91 Å². The number of carbonyl (C=O) groups excluding carboxylic acids is 1. The zero-order valence-corrected chi connectivity index (χ0v) is 15.6. The van der Waals surface area contributed by atoms with Crippen LogP contribution < -0.4 is 5.32 Å². The number of aliphatic imine (C=N–C) groups is 1. The molecule has 0 aromatic heterocycles. The summed E-state index contributed by atoms with van der Waals surface area (Å²) in [6.07, 6.45) is 1.24. The van der Waals surface area contributed by atoms with Crippen LogP contribution in [0, 0.1) is 0 Å². The molecule has 2 aliphatic rings. The van der Waals surface area contributed by atoms with E-state index in [0.717, 1.165) is 64.9 Å². The number of hydrogen-bond acceptors (Lipinski definition) is 4. The molecule has 2 aliphatic heterocycles. The number of carbonyl (C=O) groups is 1. The van der Waals surface area contributed by atoms with Gasteiger partial charge in [0.15, 0.2) is 5.96 Å². The Balaban J connectivity index is 1.81. The summed E-state index contributed by atoms with van der Waals surface area (Å²) in [5, 5.41) is 3.40. The number of nitrogens with one attached hydrogen (secondary N) is 1. The first-order chi connectivity index (χ1) is 11.6. The highest BCUT2D eigenvalue weighted by Crippen LogP contribution is 2.04. The third-order valence-corrected chi connectivity index (χ3v) is 4.85. The SMILES string of the molecule is CCNC(=NCCN1CCCN(C)CC1)N1CCN(C(C)=O)CC1. The van der Waals surface area contributed by atoms with Crippen molar-refractivity contribution in [3.63, 3.8) is 0 Å². The maximum atomic E-state index is 11.5. The molecule has 2 fully saturated rings. The van der Waals surface area contributed by atoms with Gasteiger partial charge in [-0.05, 0) is 33.5 Å². The van der Waals surface area contributed by atoms with Crippen molar-refractivity contribution < 1.29 is 4.79 Å². The maximum Gasteiger partial charge on any atom is 0.219 e. The number of piperazine rings is 1. The topological polar surface area (TPSA) is 54.4 Å². The Morgan fingerprint density at radius 1 is 1.00 bits per heavy atom. The van der Waals surface area contributed by atoms with E-state index in [1.807, 2.05) is 4.90 Å². The summed E-state index contributed by atoms with van der Waals surface area (Å²) in [7, 11) is 2.20. The molecule has 0 spiro atoms. The first-order valence-corrected chi connectivity index (χ1v) is 9.30. The van der Waals surface area contributed by atoms with Gasteiger partial charge >= 0.3 is 0 Å². The van der Waals surface area contributed by atoms with Crippen LogP contribution in [-0.2, 0) is 4.79 Å². The molecule has 138 valence electrons. The number of likely N-dealkylation sites (N-methyl/N-ethyl adjacent to an activating group) is 1. The van der Waals surface area contributed by atoms with Crippen LogP contribution in [0.25, 0.3) is 0 Å². The normalized spacial score (nSPS) is 21.7. The van der Waals surface area contributed by atoms with Crippen molar-refractivity contribution in [3.8, 4) is 0 Å². The van der Waals surface area contributed by atoms with Gasteiger partial charge in [-0.25, -0.2) is 0 Å². The Morgan fingerprint density at radius 3 is 2.38 bits per heavy atom. The van der Waals surface area contributed by atoms with Crippen molar-refractivity contribution in [2.45, 2.75) is 20.3 Å². The van der Waals surface area contributed by atoms with Gasteiger partial charge in [-0.2, -0.15) is 0 Å². The lowest BCUT2D eigenvalue weighted by Crippen LogP contribution is -2.53. The van der Waals surface area contributed by atoms with Crippen LogP contribution >= 0.6 is 0 Å². The molecule has 0 atom stereocenters. The Kier molecular flexibility index (Phi) is 7.78. The number of guanidine groups is 1. The molecule has 1 amide bonds. The highest BCUT2D eigenvalue weighted by Gasteiger charge is 2.20. The van der Waals surface area contributed by atoms with Gasteiger partial charge in [0.1, 0.15) is 0 Å². The van der Waals surface area contributed by atoms with E-state index in [2.05, 4.69) is 34.0 Å². The van der Waals surface area contributed by atoms with E-state index in [9.17, 15) is 4.79 Å². The molecule has 0 aliphatic carbocycles. The van der Waals surface area contributed by atoms with E-state index in [1.54, 1.807) is 6.92 Å². The zero-order valence-electron chi connectivity index (χ0n) is 15.6. The van der Waals surface area contributed by atoms with E-state index in [1.165, 1.54) is 19.5 Å². The van der Waals surface area contributed by atoms with Crippen molar-refractivity contribution in [2.24, 2.45) is 4.99 Å². The number of hydrogen-bond donors (Lipinski definition) is 1. The summed E-state index contributed by atoms with van der Waals surface area (Å²) >= 11 is 0. The molecule has 7 heteroatoms. The van der Waals surface area contributed by atoms with Crippen LogP contribution in [0.1, 0.15) is 20.3 Å². The second kappa shape index (κ2) is 9.84. The summed E-state index contributed by atoms with van der Waals surface area (Å²) < 4.78 is 0. The van der Waals surface area contributed by atoms with Crippen molar-refractivity contribution in [1.82, 2.24) is 24.9 Å². The molecule has 0 bridgehead atoms. The third-order valence-electron chi connectivity index (χ3n) is 4.85. The Labute approximate surface area is 146 Å². The molecule has 0 radical (unpaired) electrons. The van der Waals surface area contributed by atoms with Crippen molar-refractivity contribution >= 4 is 11.9 Å². The molecule has 0 aromatic rings. The fraction of sp³-hybridized carbons (Fsp3) is 0.882. The van der Waals surface area contributed by atoms with Crippen LogP contribution in [0.4, 0.5) is 0 Å². The first kappa shape index (κ1) is 19.0. The van der Waals surface area contributed by atoms with Gasteiger partial charge < -0.3 is 24.9 Å². The highest BCUT2D eigenvalue weighted by atomic mass is 16.2. The van der Waals surface area contributed by atoms with Gasteiger partial charge in [0.2, 0.25) is 5.91 Å². The summed E-state index contributed by atoms with van der Waals surface area (Å²) in [6, 6.07) is 0. The molecule has 2 saturated heterocycles. The van der Waals surface area contributed by atoms with Gasteiger partial charge in [0, 0.05) is 59.3 Å². The summed E-state index contributed by atoms with van der Waals surface area (Å²) in [4.78, 5) is 25.4. The molecule has 0 saturated carbocycles. The molecular formula is C17H34N6O. The predicted molar refractivity (Wildman–Crippen MR) is 98.4 cm³/mol. The summed E-state index contributed by atoms with van der Waals surface area (Å²) in [6.45, 7) is 14.4. The van der Waals surface area contributed by atoms with Crippen LogP contribution in [0.5, 0.6) is 0 Å². The van der Waals surface area contributed by atoms with E-state index >= 15 is 0 Å². The number of rotatable bonds is 4. The van der Waals surface area contributed by atoms with Crippen molar-refractivity contribution in [2.75, 3.05) is 79.0 Å². The molecule has 24 heavy (non-hydrogen) atoms. The van der Waals surface area contributed by atoms with Gasteiger partial charge in [0.25, 0.3) is 0 Å². The van der Waals surface area contributed by atoms with Crippen LogP contribution in [0.2, 0.25) is 0 Å². The number of amides is 1. The quantitative estimate of drug-likeness (QED) is 0.566. The first-order valence-electron chi connectivity index (χ1n) is 9.30. The second-order valence-corrected chi connectivity index (χ2v) is 6.73. The lowest BCUT2D eigenvalue weighted by Gasteiger charge is -2.36. The molecule has 7 nitrogen and oxygen atoms in total. The molecule has 2 heterocycles. The minimum atomic E-state index is 0.169. The van der Waals surface area contributed by atoms with Gasteiger partial charge in [-0.1, -0.05) is 0 Å². The lowest BCUT2D eigenvalue weighted by atomic mass is 10.3. The molecule has 1 N–H and O–H groups in total. The minimum Gasteiger partial charge on any atom is -0.357 e. The number of nitrogens with zero attached hydrogens (tertiary/aromatic N) is 5. The standard InChI is InChI=1S/C17H34N6O/c1-4-18-17(23-14-12-22(13-15-23)16(2)24)19-6-9-21-8-5-7-20(3)10-11-21/h4-15H2,1-3H3,(H,18,19).